The molecule has 0 aliphatic heterocycles. The predicted molar refractivity (Wildman–Crippen MR) is 283 cm³/mol. The molecule has 0 fully saturated rings. The van der Waals surface area contributed by atoms with Gasteiger partial charge < -0.3 is 0 Å². The summed E-state index contributed by atoms with van der Waals surface area (Å²) < 4.78 is 0. The molecule has 1 radical (unpaired) electrons. The van der Waals surface area contributed by atoms with Gasteiger partial charge in [0.15, 0.2) is 0 Å². The minimum atomic E-state index is 0. The predicted octanol–water partition coefficient (Wildman–Crippen LogP) is 21.8. The molecule has 0 saturated carbocycles. The van der Waals surface area contributed by atoms with Crippen LogP contribution < -0.4 is 0 Å². The summed E-state index contributed by atoms with van der Waals surface area (Å²) in [5.74, 6) is 0.819. The van der Waals surface area contributed by atoms with E-state index < -0.39 is 0 Å². The van der Waals surface area contributed by atoms with Gasteiger partial charge in [0.1, 0.15) is 5.78 Å². The van der Waals surface area contributed by atoms with Gasteiger partial charge in [-0.1, -0.05) is 264 Å². The second-order valence-electron chi connectivity index (χ2n) is 18.6. The molecule has 0 aromatic heterocycles. The summed E-state index contributed by atoms with van der Waals surface area (Å²) in [6.07, 6.45) is 74.8. The van der Waals surface area contributed by atoms with Crippen molar-refractivity contribution in [3.8, 4) is 6.07 Å². The van der Waals surface area contributed by atoms with E-state index in [4.69, 9.17) is 0 Å². The third-order valence-electron chi connectivity index (χ3n) is 12.3. The van der Waals surface area contributed by atoms with E-state index in [9.17, 15) is 10.1 Å². The van der Waals surface area contributed by atoms with Crippen molar-refractivity contribution in [3.05, 3.63) is 48.6 Å². The number of carbonyl (C=O) groups is 1. The van der Waals surface area contributed by atoms with Crippen LogP contribution in [-0.4, -0.2) is 5.78 Å². The van der Waals surface area contributed by atoms with Crippen molar-refractivity contribution in [1.82, 2.24) is 0 Å². The third-order valence-corrected chi connectivity index (χ3v) is 12.3. The molecule has 0 aromatic rings. The van der Waals surface area contributed by atoms with Gasteiger partial charge >= 0.3 is 0 Å². The van der Waals surface area contributed by atoms with Crippen LogP contribution in [0.4, 0.5) is 0 Å². The Hall–Kier alpha value is -1.30. The average Bonchev–Trinajstić information content (AvgIpc) is 3.27. The van der Waals surface area contributed by atoms with Crippen molar-refractivity contribution >= 4 is 5.78 Å². The van der Waals surface area contributed by atoms with Crippen molar-refractivity contribution in [2.75, 3.05) is 0 Å². The van der Waals surface area contributed by atoms with Gasteiger partial charge in [-0.25, -0.2) is 0 Å². The molecule has 0 rings (SSSR count). The summed E-state index contributed by atoms with van der Waals surface area (Å²) in [5, 5.41) is 9.37. The Morgan fingerprint density at radius 2 is 0.603 bits per heavy atom. The second kappa shape index (κ2) is 65.0. The molecular weight excluding hydrogens is 802 g/mol. The van der Waals surface area contributed by atoms with Gasteiger partial charge in [0.05, 0.1) is 6.07 Å². The first-order valence-electron chi connectivity index (χ1n) is 27.7. The van der Waals surface area contributed by atoms with Gasteiger partial charge in [0, 0.05) is 37.3 Å². The maximum atomic E-state index is 11.9. The summed E-state index contributed by atoms with van der Waals surface area (Å²) in [7, 11) is 0. The SMILES string of the molecule is C.CCCCC/C=C\C/C=C\CCCCCCCCCC(=O)CCCCCCCCC.CCCCC/C=C\C/C=C\CCCCCCCCCC(C#N)CCCCCCCCC.[V]. The number of Topliss-reactive ketones (excluding diaryl/α,β-unsaturated/α-hetero) is 1. The molecular formula is C60H113NOV. The molecule has 0 spiro atoms. The Bertz CT molecular complexity index is 989. The van der Waals surface area contributed by atoms with Crippen molar-refractivity contribution in [3.63, 3.8) is 0 Å². The van der Waals surface area contributed by atoms with Crippen molar-refractivity contribution in [1.29, 1.82) is 5.26 Å². The van der Waals surface area contributed by atoms with Crippen LogP contribution in [0.2, 0.25) is 0 Å². The molecule has 369 valence electrons. The fraction of sp³-hybridized carbons (Fsp3) is 0.833. The molecule has 0 saturated heterocycles. The first kappa shape index (κ1) is 68.3. The van der Waals surface area contributed by atoms with E-state index in [1.165, 1.54) is 231 Å². The van der Waals surface area contributed by atoms with Gasteiger partial charge in [0.2, 0.25) is 0 Å². The first-order valence-corrected chi connectivity index (χ1v) is 27.7. The maximum Gasteiger partial charge on any atom is 0.132 e. The van der Waals surface area contributed by atoms with Crippen LogP contribution in [0.1, 0.15) is 318 Å². The molecule has 0 N–H and O–H groups in total. The summed E-state index contributed by atoms with van der Waals surface area (Å²) in [6.45, 7) is 9.05. The summed E-state index contributed by atoms with van der Waals surface area (Å²) in [5.41, 5.74) is 0. The van der Waals surface area contributed by atoms with Crippen LogP contribution in [0.25, 0.3) is 0 Å². The normalized spacial score (nSPS) is 11.9. The van der Waals surface area contributed by atoms with Gasteiger partial charge in [-0.15, -0.1) is 0 Å². The van der Waals surface area contributed by atoms with Crippen LogP contribution >= 0.6 is 0 Å². The smallest absolute Gasteiger partial charge is 0.132 e. The molecule has 0 amide bonds. The van der Waals surface area contributed by atoms with Crippen LogP contribution in [0.15, 0.2) is 48.6 Å². The maximum absolute atomic E-state index is 11.9. The number of nitrogens with zero attached hydrogens (tertiary/aromatic N) is 1. The number of carbonyl (C=O) groups excluding carboxylic acids is 1. The van der Waals surface area contributed by atoms with Gasteiger partial charge in [-0.05, 0) is 89.9 Å². The molecule has 0 aromatic carbocycles. The Balaban J connectivity index is -0.000000536. The van der Waals surface area contributed by atoms with E-state index in [0.29, 0.717) is 11.7 Å². The average molecular weight is 916 g/mol. The molecule has 0 aliphatic carbocycles. The quantitative estimate of drug-likeness (QED) is 0.0451. The Kier molecular flexibility index (Phi) is 70.4. The number of ketones is 1. The zero-order valence-electron chi connectivity index (χ0n) is 42.6. The Labute approximate surface area is 410 Å². The second-order valence-corrected chi connectivity index (χ2v) is 18.6. The van der Waals surface area contributed by atoms with E-state index in [2.05, 4.69) is 82.4 Å². The number of hydrogen-bond donors (Lipinski definition) is 0. The van der Waals surface area contributed by atoms with E-state index in [1.807, 2.05) is 0 Å². The van der Waals surface area contributed by atoms with E-state index >= 15 is 0 Å². The van der Waals surface area contributed by atoms with Crippen LogP contribution in [0, 0.1) is 17.2 Å². The number of unbranched alkanes of at least 4 members (excludes halogenated alkanes) is 32. The van der Waals surface area contributed by atoms with Crippen molar-refractivity contribution < 1.29 is 23.4 Å². The standard InChI is InChI=1S/C30H55N.C29H54O.CH4.V/c1-3-5-7-9-11-12-13-14-15-16-17-18-19-20-22-24-26-28-30(29-31)27-25-23-21-10-8-6-4-2;1-3-5-7-9-11-12-13-14-15-16-17-18-19-20-22-24-26-28-29(30)27-25-23-21-10-8-6-4-2;;/h11-12,14-15,30H,3-10,13,16-28H2,1-2H3;11-12,14-15H,3-10,13,16-28H2,1-2H3;1H4;/b2*12-11-,15-14-;;. The van der Waals surface area contributed by atoms with E-state index in [0.717, 1.165) is 51.4 Å². The molecule has 1 unspecified atom stereocenters. The molecule has 0 aliphatic rings. The van der Waals surface area contributed by atoms with Crippen LogP contribution in [0.5, 0.6) is 0 Å². The van der Waals surface area contributed by atoms with Crippen molar-refractivity contribution in [2.24, 2.45) is 5.92 Å². The summed E-state index contributed by atoms with van der Waals surface area (Å²) in [4.78, 5) is 11.9. The third kappa shape index (κ3) is 65.1. The zero-order valence-corrected chi connectivity index (χ0v) is 44.0. The van der Waals surface area contributed by atoms with Gasteiger partial charge in [0.25, 0.3) is 0 Å². The fourth-order valence-electron chi connectivity index (χ4n) is 8.07. The first-order chi connectivity index (χ1) is 30.2. The molecule has 1 atom stereocenters. The number of hydrogen-bond acceptors (Lipinski definition) is 2. The van der Waals surface area contributed by atoms with E-state index in [1.54, 1.807) is 0 Å². The van der Waals surface area contributed by atoms with Gasteiger partial charge in [-0.2, -0.15) is 5.26 Å². The number of nitriles is 1. The molecule has 3 heteroatoms. The number of rotatable bonds is 48. The largest absolute Gasteiger partial charge is 0.300 e. The minimum absolute atomic E-state index is 0. The van der Waals surface area contributed by atoms with Crippen molar-refractivity contribution in [2.45, 2.75) is 318 Å². The minimum Gasteiger partial charge on any atom is -0.300 e. The summed E-state index contributed by atoms with van der Waals surface area (Å²) >= 11 is 0. The number of allylic oxidation sites excluding steroid dienone is 8. The molecule has 63 heavy (non-hydrogen) atoms. The molecule has 0 heterocycles. The zero-order chi connectivity index (χ0) is 44.6. The Morgan fingerprint density at radius 1 is 0.365 bits per heavy atom. The van der Waals surface area contributed by atoms with Crippen LogP contribution in [-0.2, 0) is 23.4 Å². The molecule has 2 nitrogen and oxygen atoms in total. The summed E-state index contributed by atoms with van der Waals surface area (Å²) in [6, 6.07) is 2.56. The monoisotopic (exact) mass is 915 g/mol. The molecule has 0 bridgehead atoms. The van der Waals surface area contributed by atoms with E-state index in [-0.39, 0.29) is 26.0 Å². The van der Waals surface area contributed by atoms with Crippen LogP contribution in [0.3, 0.4) is 0 Å². The fourth-order valence-corrected chi connectivity index (χ4v) is 8.07. The topological polar surface area (TPSA) is 40.9 Å². The van der Waals surface area contributed by atoms with Gasteiger partial charge in [-0.3, -0.25) is 4.79 Å². The Morgan fingerprint density at radius 3 is 0.905 bits per heavy atom.